The zero-order valence-corrected chi connectivity index (χ0v) is 16.0. The molecule has 0 spiro atoms. The molecule has 2 bridgehead atoms. The smallest absolute Gasteiger partial charge is 0.0545 e. The Bertz CT molecular complexity index is 597. The summed E-state index contributed by atoms with van der Waals surface area (Å²) in [6.45, 7) is 8.64. The van der Waals surface area contributed by atoms with Crippen molar-refractivity contribution in [3.63, 3.8) is 0 Å². The Morgan fingerprint density at radius 1 is 1.00 bits per heavy atom. The second kappa shape index (κ2) is 11.9. The van der Waals surface area contributed by atoms with Gasteiger partial charge in [0.1, 0.15) is 0 Å². The molecule has 26 heavy (non-hydrogen) atoms. The molecule has 7 heteroatoms. The molecule has 2 aromatic heterocycles. The Hall–Kier alpha value is -1.57. The van der Waals surface area contributed by atoms with E-state index < -0.39 is 0 Å². The Morgan fingerprint density at radius 3 is 2.38 bits per heavy atom. The summed E-state index contributed by atoms with van der Waals surface area (Å²) in [4.78, 5) is 11.3. The fraction of sp³-hybridized carbons (Fsp3) is 0.474. The molecule has 142 valence electrons. The van der Waals surface area contributed by atoms with E-state index in [1.165, 1.54) is 5.56 Å². The minimum absolute atomic E-state index is 0. The quantitative estimate of drug-likeness (QED) is 0.681. The minimum atomic E-state index is 0. The average molecular weight is 377 g/mol. The van der Waals surface area contributed by atoms with Crippen molar-refractivity contribution in [3.05, 3.63) is 59.7 Å². The summed E-state index contributed by atoms with van der Waals surface area (Å²) < 4.78 is 0. The number of rotatable bonds is 5. The Kier molecular flexibility index (Phi) is 9.52. The van der Waals surface area contributed by atoms with Gasteiger partial charge in [-0.25, -0.2) is 0 Å². The number of nitrogens with one attached hydrogen (secondary N) is 3. The van der Waals surface area contributed by atoms with E-state index in [0.29, 0.717) is 0 Å². The van der Waals surface area contributed by atoms with Crippen LogP contribution in [0.4, 0.5) is 0 Å². The topological polar surface area (TPSA) is 65.1 Å². The number of aromatic nitrogens is 2. The molecule has 0 atom stereocenters. The fourth-order valence-electron chi connectivity index (χ4n) is 2.94. The predicted octanol–water partition coefficient (Wildman–Crippen LogP) is 1.18. The van der Waals surface area contributed by atoms with Gasteiger partial charge in [-0.05, 0) is 23.8 Å². The van der Waals surface area contributed by atoms with E-state index in [4.69, 9.17) is 0 Å². The number of nitrogens with zero attached hydrogens (tertiary/aromatic N) is 3. The van der Waals surface area contributed by atoms with E-state index in [0.717, 1.165) is 70.3 Å². The molecule has 0 saturated carbocycles. The van der Waals surface area contributed by atoms with Gasteiger partial charge in [-0.3, -0.25) is 14.9 Å². The van der Waals surface area contributed by atoms with Crippen molar-refractivity contribution < 1.29 is 0 Å². The van der Waals surface area contributed by atoms with Crippen LogP contribution in [-0.4, -0.2) is 54.1 Å². The van der Waals surface area contributed by atoms with Crippen LogP contribution < -0.4 is 16.0 Å². The summed E-state index contributed by atoms with van der Waals surface area (Å²) in [5.74, 6) is 0. The Labute approximate surface area is 162 Å². The highest BCUT2D eigenvalue weighted by Crippen LogP contribution is 2.00. The summed E-state index contributed by atoms with van der Waals surface area (Å²) in [7, 11) is 0. The third kappa shape index (κ3) is 7.35. The van der Waals surface area contributed by atoms with Crippen molar-refractivity contribution in [1.82, 2.24) is 30.8 Å². The van der Waals surface area contributed by atoms with Crippen molar-refractivity contribution >= 4 is 12.4 Å². The average Bonchev–Trinajstić information content (AvgIpc) is 2.65. The maximum Gasteiger partial charge on any atom is 0.0545 e. The van der Waals surface area contributed by atoms with Gasteiger partial charge < -0.3 is 16.0 Å². The molecule has 3 N–H and O–H groups in total. The zero-order chi connectivity index (χ0) is 17.2. The van der Waals surface area contributed by atoms with Gasteiger partial charge in [0.05, 0.1) is 11.4 Å². The molecular weight excluding hydrogens is 348 g/mol. The van der Waals surface area contributed by atoms with Crippen molar-refractivity contribution in [2.24, 2.45) is 0 Å². The van der Waals surface area contributed by atoms with Crippen LogP contribution in [0, 0.1) is 0 Å². The lowest BCUT2D eigenvalue weighted by Gasteiger charge is -2.23. The van der Waals surface area contributed by atoms with Gasteiger partial charge >= 0.3 is 0 Å². The summed E-state index contributed by atoms with van der Waals surface area (Å²) >= 11 is 0. The molecule has 0 radical (unpaired) electrons. The SMILES string of the molecule is Cl.c1cncc(CNCCN2CCNCc3cccc(n3)CNCC2)c1. The Morgan fingerprint density at radius 2 is 1.73 bits per heavy atom. The van der Waals surface area contributed by atoms with Crippen LogP contribution >= 0.6 is 12.4 Å². The molecule has 1 aliphatic heterocycles. The van der Waals surface area contributed by atoms with E-state index in [1.807, 2.05) is 18.5 Å². The maximum atomic E-state index is 4.66. The van der Waals surface area contributed by atoms with Crippen LogP contribution in [-0.2, 0) is 19.6 Å². The van der Waals surface area contributed by atoms with Gasteiger partial charge in [-0.2, -0.15) is 0 Å². The molecule has 3 heterocycles. The number of fused-ring (bicyclic) bond motifs is 2. The highest BCUT2D eigenvalue weighted by molar-refractivity contribution is 5.85. The summed E-state index contributed by atoms with van der Waals surface area (Å²) in [6, 6.07) is 10.3. The van der Waals surface area contributed by atoms with Gasteiger partial charge in [-0.1, -0.05) is 12.1 Å². The van der Waals surface area contributed by atoms with Crippen LogP contribution in [0.5, 0.6) is 0 Å². The van der Waals surface area contributed by atoms with Gasteiger partial charge in [0.25, 0.3) is 0 Å². The van der Waals surface area contributed by atoms with Gasteiger partial charge in [0.15, 0.2) is 0 Å². The van der Waals surface area contributed by atoms with E-state index in [9.17, 15) is 0 Å². The largest absolute Gasteiger partial charge is 0.311 e. The third-order valence-corrected chi connectivity index (χ3v) is 4.34. The van der Waals surface area contributed by atoms with Crippen molar-refractivity contribution in [2.75, 3.05) is 39.3 Å². The van der Waals surface area contributed by atoms with Crippen molar-refractivity contribution in [2.45, 2.75) is 19.6 Å². The normalized spacial score (nSPS) is 16.2. The second-order valence-corrected chi connectivity index (χ2v) is 6.35. The van der Waals surface area contributed by atoms with Gasteiger partial charge in [0.2, 0.25) is 0 Å². The fourth-order valence-corrected chi connectivity index (χ4v) is 2.94. The van der Waals surface area contributed by atoms with Crippen molar-refractivity contribution in [1.29, 1.82) is 0 Å². The zero-order valence-electron chi connectivity index (χ0n) is 15.2. The first-order valence-electron chi connectivity index (χ1n) is 9.08. The molecule has 1 aliphatic rings. The second-order valence-electron chi connectivity index (χ2n) is 6.35. The molecule has 6 nitrogen and oxygen atoms in total. The van der Waals surface area contributed by atoms with E-state index in [-0.39, 0.29) is 12.4 Å². The molecule has 0 aliphatic carbocycles. The molecule has 0 amide bonds. The van der Waals surface area contributed by atoms with E-state index in [2.05, 4.69) is 55.1 Å². The Balaban J connectivity index is 0.00000243. The molecule has 0 fully saturated rings. The van der Waals surface area contributed by atoms with Crippen molar-refractivity contribution in [3.8, 4) is 0 Å². The van der Waals surface area contributed by atoms with E-state index >= 15 is 0 Å². The van der Waals surface area contributed by atoms with Crippen LogP contribution in [0.15, 0.2) is 42.7 Å². The summed E-state index contributed by atoms with van der Waals surface area (Å²) in [6.07, 6.45) is 3.73. The number of hydrogen-bond donors (Lipinski definition) is 3. The standard InChI is InChI=1S/C19H28N6.ClH/c1-4-18-15-22-8-11-25(12-9-23-16-19(5-1)24-18)10-7-21-14-17-3-2-6-20-13-17;/h1-6,13,21-23H,7-12,14-16H2;1H. The maximum absolute atomic E-state index is 4.66. The monoisotopic (exact) mass is 376 g/mol. The van der Waals surface area contributed by atoms with Crippen LogP contribution in [0.3, 0.4) is 0 Å². The highest BCUT2D eigenvalue weighted by Gasteiger charge is 2.06. The summed E-state index contributed by atoms with van der Waals surface area (Å²) in [5, 5.41) is 10.5. The third-order valence-electron chi connectivity index (χ3n) is 4.34. The number of hydrogen-bond acceptors (Lipinski definition) is 6. The van der Waals surface area contributed by atoms with Crippen LogP contribution in [0.2, 0.25) is 0 Å². The number of pyridine rings is 2. The van der Waals surface area contributed by atoms with Crippen LogP contribution in [0.25, 0.3) is 0 Å². The molecule has 0 unspecified atom stereocenters. The number of halogens is 1. The lowest BCUT2D eigenvalue weighted by Crippen LogP contribution is -2.40. The molecule has 3 rings (SSSR count). The lowest BCUT2D eigenvalue weighted by molar-refractivity contribution is 0.270. The first-order chi connectivity index (χ1) is 12.4. The van der Waals surface area contributed by atoms with Gasteiger partial charge in [-0.15, -0.1) is 12.4 Å². The van der Waals surface area contributed by atoms with Crippen LogP contribution in [0.1, 0.15) is 17.0 Å². The first-order valence-corrected chi connectivity index (χ1v) is 9.08. The molecule has 2 aromatic rings. The summed E-state index contributed by atoms with van der Waals surface area (Å²) in [5.41, 5.74) is 3.46. The predicted molar refractivity (Wildman–Crippen MR) is 107 cm³/mol. The van der Waals surface area contributed by atoms with E-state index in [1.54, 1.807) is 0 Å². The molecule has 0 saturated heterocycles. The molecule has 0 aromatic carbocycles. The first kappa shape index (κ1) is 20.7. The highest BCUT2D eigenvalue weighted by atomic mass is 35.5. The minimum Gasteiger partial charge on any atom is -0.311 e. The van der Waals surface area contributed by atoms with Gasteiger partial charge in [0, 0.05) is 71.3 Å². The molecular formula is C19H29ClN6. The lowest BCUT2D eigenvalue weighted by atomic mass is 10.3.